The van der Waals surface area contributed by atoms with E-state index in [9.17, 15) is 14.7 Å². The molecule has 4 rings (SSSR count). The van der Waals surface area contributed by atoms with Crippen molar-refractivity contribution in [2.45, 2.75) is 24.3 Å². The fraction of sp³-hybridized carbons (Fsp3) is 0.300. The van der Waals surface area contributed by atoms with Crippen LogP contribution in [0.2, 0.25) is 0 Å². The number of hydrogen-bond donors (Lipinski definition) is 2. The van der Waals surface area contributed by atoms with Crippen LogP contribution in [0.3, 0.4) is 0 Å². The van der Waals surface area contributed by atoms with Crippen LogP contribution in [0.4, 0.5) is 5.69 Å². The van der Waals surface area contributed by atoms with Crippen LogP contribution < -0.4 is 10.2 Å². The predicted molar refractivity (Wildman–Crippen MR) is 94.1 cm³/mol. The lowest BCUT2D eigenvalue weighted by Crippen LogP contribution is -2.45. The van der Waals surface area contributed by atoms with Crippen LogP contribution in [-0.4, -0.2) is 30.1 Å². The molecule has 0 saturated heterocycles. The molecule has 1 heterocycles. The number of nitrogens with one attached hydrogen (secondary N) is 1. The van der Waals surface area contributed by atoms with Crippen LogP contribution in [-0.2, 0) is 15.0 Å². The molecule has 0 unspecified atom stereocenters. The Labute approximate surface area is 146 Å². The Morgan fingerprint density at radius 3 is 2.44 bits per heavy atom. The molecule has 1 fully saturated rings. The van der Waals surface area contributed by atoms with Crippen molar-refractivity contribution in [3.05, 3.63) is 65.7 Å². The largest absolute Gasteiger partial charge is 0.394 e. The van der Waals surface area contributed by atoms with Crippen LogP contribution in [0, 0.1) is 0 Å². The Bertz CT molecular complexity index is 815. The molecule has 5 nitrogen and oxygen atoms in total. The van der Waals surface area contributed by atoms with Crippen molar-refractivity contribution in [1.82, 2.24) is 5.32 Å². The van der Waals surface area contributed by atoms with E-state index in [2.05, 4.69) is 5.32 Å². The first-order chi connectivity index (χ1) is 12.1. The summed E-state index contributed by atoms with van der Waals surface area (Å²) in [6.45, 7) is 0.303. The third-order valence-corrected chi connectivity index (χ3v) is 5.21. The number of benzene rings is 2. The van der Waals surface area contributed by atoms with E-state index in [-0.39, 0.29) is 12.0 Å². The fourth-order valence-electron chi connectivity index (χ4n) is 3.65. The molecule has 0 bridgehead atoms. The smallest absolute Gasteiger partial charge is 0.316 e. The molecule has 0 radical (unpaired) electrons. The lowest BCUT2D eigenvalue weighted by Gasteiger charge is -2.20. The molecule has 1 spiro atoms. The van der Waals surface area contributed by atoms with Crippen molar-refractivity contribution >= 4 is 17.5 Å². The zero-order valence-electron chi connectivity index (χ0n) is 13.8. The number of rotatable bonds is 3. The monoisotopic (exact) mass is 336 g/mol. The summed E-state index contributed by atoms with van der Waals surface area (Å²) in [4.78, 5) is 26.8. The summed E-state index contributed by atoms with van der Waals surface area (Å²) >= 11 is 0. The molecule has 128 valence electrons. The summed E-state index contributed by atoms with van der Waals surface area (Å²) in [7, 11) is 0. The van der Waals surface area contributed by atoms with Gasteiger partial charge in [0.25, 0.3) is 0 Å². The highest BCUT2D eigenvalue weighted by Crippen LogP contribution is 2.56. The molecule has 5 heteroatoms. The molecule has 1 saturated carbocycles. The number of nitrogens with zero attached hydrogens (tertiary/aromatic N) is 1. The average Bonchev–Trinajstić information content (AvgIpc) is 3.37. The van der Waals surface area contributed by atoms with Crippen LogP contribution in [0.25, 0.3) is 0 Å². The number of para-hydroxylation sites is 1. The van der Waals surface area contributed by atoms with Gasteiger partial charge in [-0.25, -0.2) is 0 Å². The van der Waals surface area contributed by atoms with Gasteiger partial charge in [0.05, 0.1) is 12.6 Å². The summed E-state index contributed by atoms with van der Waals surface area (Å²) in [6.07, 6.45) is 2.11. The van der Waals surface area contributed by atoms with Gasteiger partial charge < -0.3 is 15.3 Å². The minimum Gasteiger partial charge on any atom is -0.394 e. The maximum absolute atomic E-state index is 12.7. The molecule has 2 N–H and O–H groups in total. The van der Waals surface area contributed by atoms with Gasteiger partial charge in [0, 0.05) is 17.6 Å². The molecule has 1 aliphatic heterocycles. The van der Waals surface area contributed by atoms with E-state index < -0.39 is 17.9 Å². The van der Waals surface area contributed by atoms with Crippen molar-refractivity contribution < 1.29 is 14.7 Å². The zero-order chi connectivity index (χ0) is 17.4. The Balaban J connectivity index is 1.53. The second kappa shape index (κ2) is 6.01. The standard InChI is InChI=1S/C20H20N2O3/c23-12-16(14-6-2-1-3-7-14)21-18(24)19(25)22-13-20(10-11-20)15-8-4-5-9-17(15)22/h1-9,16,23H,10-13H2,(H,21,24)/t16-/m1/s1. The molecular weight excluding hydrogens is 316 g/mol. The molecule has 2 aliphatic rings. The third kappa shape index (κ3) is 2.70. The van der Waals surface area contributed by atoms with Crippen LogP contribution in [0.5, 0.6) is 0 Å². The highest BCUT2D eigenvalue weighted by molar-refractivity contribution is 6.40. The summed E-state index contributed by atoms with van der Waals surface area (Å²) in [6, 6.07) is 16.4. The highest BCUT2D eigenvalue weighted by atomic mass is 16.3. The van der Waals surface area contributed by atoms with Crippen LogP contribution >= 0.6 is 0 Å². The van der Waals surface area contributed by atoms with Crippen molar-refractivity contribution in [3.63, 3.8) is 0 Å². The van der Waals surface area contributed by atoms with Gasteiger partial charge in [0.2, 0.25) is 0 Å². The Morgan fingerprint density at radius 2 is 1.76 bits per heavy atom. The number of amides is 2. The van der Waals surface area contributed by atoms with Crippen molar-refractivity contribution in [3.8, 4) is 0 Å². The summed E-state index contributed by atoms with van der Waals surface area (Å²) in [5.41, 5.74) is 2.81. The number of anilines is 1. The summed E-state index contributed by atoms with van der Waals surface area (Å²) < 4.78 is 0. The molecule has 1 atom stereocenters. The quantitative estimate of drug-likeness (QED) is 0.841. The number of fused-ring (bicyclic) bond motifs is 2. The summed E-state index contributed by atoms with van der Waals surface area (Å²) in [5.74, 6) is -1.25. The Kier molecular flexibility index (Phi) is 3.81. The van der Waals surface area contributed by atoms with E-state index in [4.69, 9.17) is 0 Å². The highest BCUT2D eigenvalue weighted by Gasteiger charge is 2.53. The van der Waals surface area contributed by atoms with Crippen LogP contribution in [0.1, 0.15) is 30.0 Å². The minimum absolute atomic E-state index is 0.0440. The lowest BCUT2D eigenvalue weighted by molar-refractivity contribution is -0.138. The van der Waals surface area contributed by atoms with Crippen molar-refractivity contribution in [2.24, 2.45) is 0 Å². The van der Waals surface area contributed by atoms with Gasteiger partial charge in [-0.1, -0.05) is 48.5 Å². The SMILES string of the molecule is O=C(N[C@H](CO)c1ccccc1)C(=O)N1CC2(CC2)c2ccccc21. The van der Waals surface area contributed by atoms with Gasteiger partial charge in [0.1, 0.15) is 0 Å². The van der Waals surface area contributed by atoms with Gasteiger partial charge >= 0.3 is 11.8 Å². The molecule has 1 aliphatic carbocycles. The maximum Gasteiger partial charge on any atom is 0.316 e. The number of aliphatic hydroxyl groups excluding tert-OH is 1. The Morgan fingerprint density at radius 1 is 1.08 bits per heavy atom. The molecule has 2 amide bonds. The van der Waals surface area contributed by atoms with Crippen molar-refractivity contribution in [1.29, 1.82) is 0 Å². The molecule has 0 aromatic heterocycles. The third-order valence-electron chi connectivity index (χ3n) is 5.21. The van der Waals surface area contributed by atoms with Gasteiger partial charge in [-0.15, -0.1) is 0 Å². The zero-order valence-corrected chi connectivity index (χ0v) is 13.8. The Hall–Kier alpha value is -2.66. The predicted octanol–water partition coefficient (Wildman–Crippen LogP) is 1.91. The van der Waals surface area contributed by atoms with Crippen LogP contribution in [0.15, 0.2) is 54.6 Å². The van der Waals surface area contributed by atoms with Gasteiger partial charge in [-0.2, -0.15) is 0 Å². The number of carbonyl (C=O) groups is 2. The molecule has 25 heavy (non-hydrogen) atoms. The minimum atomic E-state index is -0.685. The fourth-order valence-corrected chi connectivity index (χ4v) is 3.65. The van der Waals surface area contributed by atoms with E-state index in [0.29, 0.717) is 6.54 Å². The summed E-state index contributed by atoms with van der Waals surface area (Å²) in [5, 5.41) is 12.2. The number of carbonyl (C=O) groups excluding carboxylic acids is 2. The lowest BCUT2D eigenvalue weighted by atomic mass is 9.99. The van der Waals surface area contributed by atoms with Gasteiger partial charge in [-0.05, 0) is 30.0 Å². The van der Waals surface area contributed by atoms with E-state index in [1.54, 1.807) is 4.90 Å². The maximum atomic E-state index is 12.7. The second-order valence-corrected chi connectivity index (χ2v) is 6.81. The van der Waals surface area contributed by atoms with Gasteiger partial charge in [0.15, 0.2) is 0 Å². The van der Waals surface area contributed by atoms with Gasteiger partial charge in [-0.3, -0.25) is 9.59 Å². The van der Waals surface area contributed by atoms with E-state index >= 15 is 0 Å². The number of aliphatic hydroxyl groups is 1. The topological polar surface area (TPSA) is 69.6 Å². The first-order valence-electron chi connectivity index (χ1n) is 8.52. The molecule has 2 aromatic carbocycles. The molecule has 2 aromatic rings. The van der Waals surface area contributed by atoms with E-state index in [1.807, 2.05) is 54.6 Å². The van der Waals surface area contributed by atoms with E-state index in [0.717, 1.165) is 29.7 Å². The first-order valence-corrected chi connectivity index (χ1v) is 8.52. The van der Waals surface area contributed by atoms with E-state index in [1.165, 1.54) is 0 Å². The molecular formula is C20H20N2O3. The second-order valence-electron chi connectivity index (χ2n) is 6.81. The number of hydrogen-bond acceptors (Lipinski definition) is 3. The average molecular weight is 336 g/mol. The van der Waals surface area contributed by atoms with Crippen molar-refractivity contribution in [2.75, 3.05) is 18.1 Å². The first kappa shape index (κ1) is 15.8. The normalized spacial score (nSPS) is 17.9.